The SMILES string of the molecule is Cc1cc(F)ccc1Oc1ccc(C(C)(O)CCCl)cc1. The van der Waals surface area contributed by atoms with Crippen LogP contribution < -0.4 is 4.74 Å². The second kappa shape index (κ2) is 6.46. The summed E-state index contributed by atoms with van der Waals surface area (Å²) in [5, 5.41) is 10.3. The van der Waals surface area contributed by atoms with Gasteiger partial charge in [0.2, 0.25) is 0 Å². The average Bonchev–Trinajstić information content (AvgIpc) is 2.42. The van der Waals surface area contributed by atoms with E-state index in [9.17, 15) is 9.50 Å². The van der Waals surface area contributed by atoms with E-state index in [0.29, 0.717) is 23.8 Å². The lowest BCUT2D eigenvalue weighted by molar-refractivity contribution is 0.0540. The zero-order chi connectivity index (χ0) is 15.5. The number of rotatable bonds is 5. The zero-order valence-corrected chi connectivity index (χ0v) is 12.8. The molecule has 0 saturated heterocycles. The van der Waals surface area contributed by atoms with Crippen LogP contribution in [0.15, 0.2) is 42.5 Å². The molecule has 0 aliphatic rings. The highest BCUT2D eigenvalue weighted by atomic mass is 35.5. The largest absolute Gasteiger partial charge is 0.457 e. The first-order valence-electron chi connectivity index (χ1n) is 6.75. The van der Waals surface area contributed by atoms with Gasteiger partial charge in [-0.2, -0.15) is 0 Å². The van der Waals surface area contributed by atoms with Crippen molar-refractivity contribution in [2.75, 3.05) is 5.88 Å². The van der Waals surface area contributed by atoms with Gasteiger partial charge in [-0.3, -0.25) is 0 Å². The van der Waals surface area contributed by atoms with E-state index in [1.807, 2.05) is 0 Å². The first-order valence-corrected chi connectivity index (χ1v) is 7.29. The van der Waals surface area contributed by atoms with E-state index in [2.05, 4.69) is 0 Å². The smallest absolute Gasteiger partial charge is 0.130 e. The molecule has 0 saturated carbocycles. The minimum atomic E-state index is -0.952. The number of aryl methyl sites for hydroxylation is 1. The Morgan fingerprint density at radius 3 is 2.43 bits per heavy atom. The zero-order valence-electron chi connectivity index (χ0n) is 12.1. The summed E-state index contributed by atoms with van der Waals surface area (Å²) < 4.78 is 18.8. The van der Waals surface area contributed by atoms with Crippen LogP contribution in [-0.2, 0) is 5.60 Å². The Morgan fingerprint density at radius 1 is 1.19 bits per heavy atom. The molecule has 0 radical (unpaired) electrons. The lowest BCUT2D eigenvalue weighted by Gasteiger charge is -2.23. The van der Waals surface area contributed by atoms with Crippen molar-refractivity contribution in [1.29, 1.82) is 0 Å². The molecule has 0 aliphatic carbocycles. The molecule has 1 unspecified atom stereocenters. The van der Waals surface area contributed by atoms with E-state index in [4.69, 9.17) is 16.3 Å². The van der Waals surface area contributed by atoms with E-state index in [-0.39, 0.29) is 5.82 Å². The third-order valence-electron chi connectivity index (χ3n) is 3.42. The van der Waals surface area contributed by atoms with Crippen molar-refractivity contribution in [3.05, 3.63) is 59.4 Å². The molecule has 0 amide bonds. The van der Waals surface area contributed by atoms with E-state index in [1.165, 1.54) is 12.1 Å². The van der Waals surface area contributed by atoms with Gasteiger partial charge in [0.25, 0.3) is 0 Å². The van der Waals surface area contributed by atoms with E-state index >= 15 is 0 Å². The average molecular weight is 309 g/mol. The summed E-state index contributed by atoms with van der Waals surface area (Å²) in [6, 6.07) is 11.6. The van der Waals surface area contributed by atoms with Crippen molar-refractivity contribution in [1.82, 2.24) is 0 Å². The molecule has 2 nitrogen and oxygen atoms in total. The Balaban J connectivity index is 2.16. The second-order valence-electron chi connectivity index (χ2n) is 5.25. The minimum absolute atomic E-state index is 0.285. The fourth-order valence-electron chi connectivity index (χ4n) is 2.06. The highest BCUT2D eigenvalue weighted by molar-refractivity contribution is 6.17. The van der Waals surface area contributed by atoms with Gasteiger partial charge in [0.15, 0.2) is 0 Å². The van der Waals surface area contributed by atoms with Crippen LogP contribution in [0.3, 0.4) is 0 Å². The van der Waals surface area contributed by atoms with Crippen LogP contribution in [0.1, 0.15) is 24.5 Å². The van der Waals surface area contributed by atoms with Gasteiger partial charge >= 0.3 is 0 Å². The van der Waals surface area contributed by atoms with Gasteiger partial charge in [0.05, 0.1) is 5.60 Å². The molecule has 21 heavy (non-hydrogen) atoms. The summed E-state index contributed by atoms with van der Waals surface area (Å²) in [7, 11) is 0. The molecule has 112 valence electrons. The quantitative estimate of drug-likeness (QED) is 0.807. The summed E-state index contributed by atoms with van der Waals surface area (Å²) in [6.07, 6.45) is 0.478. The fraction of sp³-hybridized carbons (Fsp3) is 0.294. The maximum absolute atomic E-state index is 13.0. The summed E-state index contributed by atoms with van der Waals surface area (Å²) in [4.78, 5) is 0. The standard InChI is InChI=1S/C17H18ClFO2/c1-12-11-14(19)5-8-16(12)21-15-6-3-13(4-7-15)17(2,20)9-10-18/h3-8,11,20H,9-10H2,1-2H3. The van der Waals surface area contributed by atoms with Gasteiger partial charge in [-0.05, 0) is 61.7 Å². The van der Waals surface area contributed by atoms with Crippen molar-refractivity contribution < 1.29 is 14.2 Å². The summed E-state index contributed by atoms with van der Waals surface area (Å²) in [5.74, 6) is 1.35. The van der Waals surface area contributed by atoms with Gasteiger partial charge in [0.1, 0.15) is 17.3 Å². The van der Waals surface area contributed by atoms with Crippen molar-refractivity contribution in [2.24, 2.45) is 0 Å². The molecule has 0 fully saturated rings. The number of halogens is 2. The maximum atomic E-state index is 13.0. The Labute approximate surface area is 129 Å². The molecular formula is C17H18ClFO2. The topological polar surface area (TPSA) is 29.5 Å². The lowest BCUT2D eigenvalue weighted by Crippen LogP contribution is -2.21. The fourth-order valence-corrected chi connectivity index (χ4v) is 2.43. The molecule has 0 heterocycles. The first-order chi connectivity index (χ1) is 9.92. The number of ether oxygens (including phenoxy) is 1. The molecule has 2 rings (SSSR count). The molecule has 4 heteroatoms. The number of hydrogen-bond acceptors (Lipinski definition) is 2. The van der Waals surface area contributed by atoms with Gasteiger partial charge in [0, 0.05) is 5.88 Å². The molecular weight excluding hydrogens is 291 g/mol. The summed E-state index contributed by atoms with van der Waals surface area (Å²) >= 11 is 5.69. The Morgan fingerprint density at radius 2 is 1.86 bits per heavy atom. The van der Waals surface area contributed by atoms with E-state index < -0.39 is 5.60 Å². The third kappa shape index (κ3) is 3.96. The van der Waals surface area contributed by atoms with Gasteiger partial charge in [-0.25, -0.2) is 4.39 Å². The molecule has 0 aliphatic heterocycles. The molecule has 0 aromatic heterocycles. The van der Waals surface area contributed by atoms with Crippen LogP contribution in [0.2, 0.25) is 0 Å². The van der Waals surface area contributed by atoms with Crippen LogP contribution in [-0.4, -0.2) is 11.0 Å². The number of aliphatic hydroxyl groups is 1. The van der Waals surface area contributed by atoms with Gasteiger partial charge < -0.3 is 9.84 Å². The molecule has 0 spiro atoms. The van der Waals surface area contributed by atoms with Gasteiger partial charge in [-0.1, -0.05) is 12.1 Å². The van der Waals surface area contributed by atoms with Crippen molar-refractivity contribution in [2.45, 2.75) is 25.9 Å². The van der Waals surface area contributed by atoms with E-state index in [1.54, 1.807) is 44.2 Å². The summed E-state index contributed by atoms with van der Waals surface area (Å²) in [6.45, 7) is 3.52. The van der Waals surface area contributed by atoms with Crippen LogP contribution in [0.4, 0.5) is 4.39 Å². The molecule has 2 aromatic rings. The lowest BCUT2D eigenvalue weighted by atomic mass is 9.93. The molecule has 2 aromatic carbocycles. The second-order valence-corrected chi connectivity index (χ2v) is 5.63. The number of hydrogen-bond donors (Lipinski definition) is 1. The summed E-state index contributed by atoms with van der Waals surface area (Å²) in [5.41, 5.74) is 0.561. The van der Waals surface area contributed by atoms with Crippen molar-refractivity contribution >= 4 is 11.6 Å². The molecule has 1 atom stereocenters. The van der Waals surface area contributed by atoms with Gasteiger partial charge in [-0.15, -0.1) is 11.6 Å². The Bertz CT molecular complexity index is 609. The van der Waals surface area contributed by atoms with Crippen LogP contribution in [0.25, 0.3) is 0 Å². The highest BCUT2D eigenvalue weighted by Gasteiger charge is 2.22. The Kier molecular flexibility index (Phi) is 4.86. The third-order valence-corrected chi connectivity index (χ3v) is 3.61. The van der Waals surface area contributed by atoms with Crippen LogP contribution in [0.5, 0.6) is 11.5 Å². The normalized spacial score (nSPS) is 13.8. The number of alkyl halides is 1. The molecule has 0 bridgehead atoms. The maximum Gasteiger partial charge on any atom is 0.130 e. The van der Waals surface area contributed by atoms with Crippen molar-refractivity contribution in [3.8, 4) is 11.5 Å². The molecule has 1 N–H and O–H groups in total. The predicted octanol–water partition coefficient (Wildman–Crippen LogP) is 4.76. The van der Waals surface area contributed by atoms with Crippen LogP contribution in [0, 0.1) is 12.7 Å². The number of benzene rings is 2. The predicted molar refractivity (Wildman–Crippen MR) is 82.6 cm³/mol. The monoisotopic (exact) mass is 308 g/mol. The minimum Gasteiger partial charge on any atom is -0.457 e. The van der Waals surface area contributed by atoms with Crippen LogP contribution >= 0.6 is 11.6 Å². The van der Waals surface area contributed by atoms with E-state index in [0.717, 1.165) is 11.1 Å². The first kappa shape index (κ1) is 15.8. The highest BCUT2D eigenvalue weighted by Crippen LogP contribution is 2.29. The van der Waals surface area contributed by atoms with Crippen molar-refractivity contribution in [3.63, 3.8) is 0 Å². The Hall–Kier alpha value is -1.58.